The molecule has 2 heterocycles. The van der Waals surface area contributed by atoms with Crippen LogP contribution in [0.5, 0.6) is 5.75 Å². The van der Waals surface area contributed by atoms with Gasteiger partial charge in [-0.05, 0) is 24.6 Å². The van der Waals surface area contributed by atoms with Crippen molar-refractivity contribution < 1.29 is 23.8 Å². The molecule has 0 spiro atoms. The third kappa shape index (κ3) is 3.68. The molecule has 25 heavy (non-hydrogen) atoms. The summed E-state index contributed by atoms with van der Waals surface area (Å²) in [6.45, 7) is 0.536. The van der Waals surface area contributed by atoms with Crippen molar-refractivity contribution in [2.75, 3.05) is 25.5 Å². The number of carboxylic acids is 1. The molecular weight excluding hydrogens is 351 g/mol. The van der Waals surface area contributed by atoms with Gasteiger partial charge in [0.05, 0.1) is 13.0 Å². The van der Waals surface area contributed by atoms with Crippen LogP contribution in [0.15, 0.2) is 18.2 Å². The van der Waals surface area contributed by atoms with Gasteiger partial charge in [0, 0.05) is 30.2 Å². The SMILES string of the molecule is COc1ccc(-c2nsc(NC(=O)N3CCC(C(=O)O)C3)n2)cc1F. The van der Waals surface area contributed by atoms with Crippen LogP contribution < -0.4 is 10.1 Å². The van der Waals surface area contributed by atoms with Crippen molar-refractivity contribution in [3.8, 4) is 17.1 Å². The standard InChI is InChI=1S/C15H15FN4O4S/c1-24-11-3-2-8(6-10(11)16)12-17-14(25-19-12)18-15(23)20-5-4-9(7-20)13(21)22/h2-3,6,9H,4-5,7H2,1H3,(H,21,22)(H,17,18,19,23). The molecule has 0 aliphatic carbocycles. The zero-order valence-electron chi connectivity index (χ0n) is 13.2. The predicted molar refractivity (Wildman–Crippen MR) is 88.2 cm³/mol. The summed E-state index contributed by atoms with van der Waals surface area (Å²) in [7, 11) is 1.38. The minimum absolute atomic E-state index is 0.120. The highest BCUT2D eigenvalue weighted by Gasteiger charge is 2.31. The third-order valence-corrected chi connectivity index (χ3v) is 4.51. The number of likely N-dealkylation sites (tertiary alicyclic amines) is 1. The van der Waals surface area contributed by atoms with E-state index in [0.717, 1.165) is 11.5 Å². The Morgan fingerprint density at radius 3 is 2.92 bits per heavy atom. The van der Waals surface area contributed by atoms with Crippen molar-refractivity contribution in [2.45, 2.75) is 6.42 Å². The number of carbonyl (C=O) groups excluding carboxylic acids is 1. The summed E-state index contributed by atoms with van der Waals surface area (Å²) in [5.74, 6) is -1.58. The summed E-state index contributed by atoms with van der Waals surface area (Å²) in [6, 6.07) is 3.92. The molecule has 0 radical (unpaired) electrons. The minimum Gasteiger partial charge on any atom is -0.494 e. The molecule has 10 heteroatoms. The van der Waals surface area contributed by atoms with E-state index < -0.39 is 23.7 Å². The highest BCUT2D eigenvalue weighted by atomic mass is 32.1. The van der Waals surface area contributed by atoms with Crippen molar-refractivity contribution in [3.05, 3.63) is 24.0 Å². The highest BCUT2D eigenvalue weighted by Crippen LogP contribution is 2.26. The normalized spacial score (nSPS) is 16.7. The monoisotopic (exact) mass is 366 g/mol. The summed E-state index contributed by atoms with van der Waals surface area (Å²) in [5, 5.41) is 11.8. The molecule has 132 valence electrons. The fraction of sp³-hybridized carbons (Fsp3) is 0.333. The molecule has 1 saturated heterocycles. The minimum atomic E-state index is -0.907. The first-order valence-corrected chi connectivity index (χ1v) is 8.21. The average molecular weight is 366 g/mol. The molecular formula is C15H15FN4O4S. The molecule has 8 nitrogen and oxygen atoms in total. The fourth-order valence-corrected chi connectivity index (χ4v) is 3.09. The van der Waals surface area contributed by atoms with E-state index in [-0.39, 0.29) is 23.3 Å². The molecule has 1 aliphatic rings. The number of nitrogens with one attached hydrogen (secondary N) is 1. The van der Waals surface area contributed by atoms with Gasteiger partial charge in [-0.2, -0.15) is 9.36 Å². The van der Waals surface area contributed by atoms with Crippen LogP contribution in [0.1, 0.15) is 6.42 Å². The van der Waals surface area contributed by atoms with Gasteiger partial charge in [-0.1, -0.05) is 0 Å². The van der Waals surface area contributed by atoms with E-state index in [4.69, 9.17) is 9.84 Å². The Labute approximate surface area is 146 Å². The molecule has 1 atom stereocenters. The van der Waals surface area contributed by atoms with Crippen LogP contribution in [0.4, 0.5) is 14.3 Å². The van der Waals surface area contributed by atoms with Gasteiger partial charge >= 0.3 is 12.0 Å². The van der Waals surface area contributed by atoms with Gasteiger partial charge in [0.15, 0.2) is 17.4 Å². The van der Waals surface area contributed by atoms with Crippen LogP contribution in [0.25, 0.3) is 11.4 Å². The number of anilines is 1. The number of carbonyl (C=O) groups is 2. The maximum atomic E-state index is 13.8. The van der Waals surface area contributed by atoms with E-state index in [2.05, 4.69) is 14.7 Å². The molecule has 1 aromatic carbocycles. The number of hydrogen-bond acceptors (Lipinski definition) is 6. The number of amides is 2. The van der Waals surface area contributed by atoms with Crippen LogP contribution in [-0.2, 0) is 4.79 Å². The molecule has 1 aliphatic heterocycles. The number of rotatable bonds is 4. The Bertz CT molecular complexity index is 813. The second-order valence-corrected chi connectivity index (χ2v) is 6.22. The van der Waals surface area contributed by atoms with Gasteiger partial charge in [0.1, 0.15) is 0 Å². The van der Waals surface area contributed by atoms with Gasteiger partial charge in [-0.3, -0.25) is 10.1 Å². The smallest absolute Gasteiger partial charge is 0.323 e. The Kier molecular flexibility index (Phi) is 4.79. The zero-order chi connectivity index (χ0) is 18.0. The second kappa shape index (κ2) is 7.01. The van der Waals surface area contributed by atoms with Crippen molar-refractivity contribution in [3.63, 3.8) is 0 Å². The van der Waals surface area contributed by atoms with Gasteiger partial charge in [-0.15, -0.1) is 0 Å². The largest absolute Gasteiger partial charge is 0.494 e. The van der Waals surface area contributed by atoms with Gasteiger partial charge in [-0.25, -0.2) is 9.18 Å². The second-order valence-electron chi connectivity index (χ2n) is 5.47. The molecule has 3 rings (SSSR count). The van der Waals surface area contributed by atoms with Crippen molar-refractivity contribution in [1.82, 2.24) is 14.3 Å². The van der Waals surface area contributed by atoms with Crippen molar-refractivity contribution in [1.29, 1.82) is 0 Å². The van der Waals surface area contributed by atoms with E-state index in [0.29, 0.717) is 18.5 Å². The molecule has 0 bridgehead atoms. The summed E-state index contributed by atoms with van der Waals surface area (Å²) in [6.07, 6.45) is 0.426. The Morgan fingerprint density at radius 2 is 2.28 bits per heavy atom. The van der Waals surface area contributed by atoms with E-state index in [1.54, 1.807) is 6.07 Å². The van der Waals surface area contributed by atoms with E-state index in [1.165, 1.54) is 24.1 Å². The Balaban J connectivity index is 1.67. The van der Waals surface area contributed by atoms with Crippen LogP contribution >= 0.6 is 11.5 Å². The molecule has 0 saturated carbocycles. The first kappa shape index (κ1) is 17.1. The number of methoxy groups -OCH3 is 1. The number of nitrogens with zero attached hydrogens (tertiary/aromatic N) is 3. The van der Waals surface area contributed by atoms with Gasteiger partial charge in [0.25, 0.3) is 0 Å². The topological polar surface area (TPSA) is 105 Å². The maximum absolute atomic E-state index is 13.8. The van der Waals surface area contributed by atoms with E-state index >= 15 is 0 Å². The lowest BCUT2D eigenvalue weighted by atomic mass is 10.1. The average Bonchev–Trinajstić information content (AvgIpc) is 3.24. The quantitative estimate of drug-likeness (QED) is 0.860. The zero-order valence-corrected chi connectivity index (χ0v) is 14.0. The Morgan fingerprint density at radius 1 is 1.48 bits per heavy atom. The summed E-state index contributed by atoms with van der Waals surface area (Å²) < 4.78 is 22.7. The highest BCUT2D eigenvalue weighted by molar-refractivity contribution is 7.10. The number of halogens is 1. The first-order chi connectivity index (χ1) is 12.0. The van der Waals surface area contributed by atoms with Gasteiger partial charge in [0.2, 0.25) is 5.13 Å². The van der Waals surface area contributed by atoms with E-state index in [1.807, 2.05) is 0 Å². The van der Waals surface area contributed by atoms with Crippen molar-refractivity contribution in [2.24, 2.45) is 5.92 Å². The van der Waals surface area contributed by atoms with Crippen molar-refractivity contribution >= 4 is 28.7 Å². The number of carboxylic acid groups (broad SMARTS) is 1. The lowest BCUT2D eigenvalue weighted by Crippen LogP contribution is -2.33. The molecule has 1 aromatic heterocycles. The number of aliphatic carboxylic acids is 1. The van der Waals surface area contributed by atoms with Crippen LogP contribution in [-0.4, -0.2) is 51.6 Å². The summed E-state index contributed by atoms with van der Waals surface area (Å²) in [5.41, 5.74) is 0.460. The van der Waals surface area contributed by atoms with Crippen LogP contribution in [0.3, 0.4) is 0 Å². The first-order valence-electron chi connectivity index (χ1n) is 7.44. The number of benzene rings is 1. The Hall–Kier alpha value is -2.75. The third-order valence-electron chi connectivity index (χ3n) is 3.87. The van der Waals surface area contributed by atoms with Crippen LogP contribution in [0, 0.1) is 11.7 Å². The summed E-state index contributed by atoms with van der Waals surface area (Å²) >= 11 is 0.965. The molecule has 2 amide bonds. The summed E-state index contributed by atoms with van der Waals surface area (Å²) in [4.78, 5) is 28.7. The predicted octanol–water partition coefficient (Wildman–Crippen LogP) is 2.29. The number of ether oxygens (including phenoxy) is 1. The lowest BCUT2D eigenvalue weighted by Gasteiger charge is -2.15. The fourth-order valence-electron chi connectivity index (χ4n) is 2.51. The number of urea groups is 1. The molecule has 2 N–H and O–H groups in total. The van der Waals surface area contributed by atoms with Crippen LogP contribution in [0.2, 0.25) is 0 Å². The lowest BCUT2D eigenvalue weighted by molar-refractivity contribution is -0.141. The number of aromatic nitrogens is 2. The number of hydrogen-bond donors (Lipinski definition) is 2. The molecule has 2 aromatic rings. The molecule has 1 fully saturated rings. The van der Waals surface area contributed by atoms with E-state index in [9.17, 15) is 14.0 Å². The molecule has 1 unspecified atom stereocenters. The van der Waals surface area contributed by atoms with Gasteiger partial charge < -0.3 is 14.7 Å². The maximum Gasteiger partial charge on any atom is 0.323 e.